The Labute approximate surface area is 173 Å². The molecule has 0 unspecified atom stereocenters. The van der Waals surface area contributed by atoms with Crippen LogP contribution in [-0.2, 0) is 17.8 Å². The van der Waals surface area contributed by atoms with Crippen LogP contribution in [0.15, 0.2) is 72.8 Å². The predicted octanol–water partition coefficient (Wildman–Crippen LogP) is 2.65. The second-order valence-corrected chi connectivity index (χ2v) is 6.80. The smallest absolute Gasteiger partial charge is 0.258 e. The van der Waals surface area contributed by atoms with E-state index in [-0.39, 0.29) is 19.1 Å². The van der Waals surface area contributed by atoms with Gasteiger partial charge in [0.2, 0.25) is 0 Å². The van der Waals surface area contributed by atoms with Gasteiger partial charge in [-0.3, -0.25) is 4.79 Å². The third kappa shape index (κ3) is 4.64. The number of amides is 1. The number of aliphatic hydroxyl groups is 1. The highest BCUT2D eigenvalue weighted by atomic mass is 16.5. The lowest BCUT2D eigenvalue weighted by molar-refractivity contribution is -0.123. The summed E-state index contributed by atoms with van der Waals surface area (Å²) >= 11 is 0. The third-order valence-corrected chi connectivity index (χ3v) is 4.62. The summed E-state index contributed by atoms with van der Waals surface area (Å²) in [5, 5.41) is 21.1. The summed E-state index contributed by atoms with van der Waals surface area (Å²) in [4.78, 5) is 13.7. The summed E-state index contributed by atoms with van der Waals surface area (Å²) in [5.74, 6) is 0.273. The van der Waals surface area contributed by atoms with Gasteiger partial charge in [-0.2, -0.15) is 0 Å². The van der Waals surface area contributed by atoms with Crippen molar-refractivity contribution in [3.8, 4) is 11.4 Å². The lowest BCUT2D eigenvalue weighted by Gasteiger charge is -2.12. The number of hydrogen-bond donors (Lipinski definition) is 2. The summed E-state index contributed by atoms with van der Waals surface area (Å²) < 4.78 is 5.80. The van der Waals surface area contributed by atoms with Crippen molar-refractivity contribution in [3.05, 3.63) is 83.9 Å². The number of aromatic nitrogens is 3. The highest BCUT2D eigenvalue weighted by molar-refractivity contribution is 5.77. The summed E-state index contributed by atoms with van der Waals surface area (Å²) in [7, 11) is 0. The quantitative estimate of drug-likeness (QED) is 0.473. The molecule has 152 valence electrons. The van der Waals surface area contributed by atoms with Gasteiger partial charge in [0, 0.05) is 13.2 Å². The first-order chi connectivity index (χ1) is 14.7. The molecular weight excluding hydrogens is 380 g/mol. The summed E-state index contributed by atoms with van der Waals surface area (Å²) in [5.41, 5.74) is 4.09. The Balaban J connectivity index is 1.51. The summed E-state index contributed by atoms with van der Waals surface area (Å²) in [6.07, 6.45) is 0.506. The van der Waals surface area contributed by atoms with E-state index < -0.39 is 0 Å². The van der Waals surface area contributed by atoms with Crippen LogP contribution < -0.4 is 10.1 Å². The molecule has 4 aromatic rings. The molecule has 0 bridgehead atoms. The molecule has 1 heterocycles. The Morgan fingerprint density at radius 1 is 0.933 bits per heavy atom. The molecule has 0 radical (unpaired) electrons. The Morgan fingerprint density at radius 3 is 2.33 bits per heavy atom. The maximum Gasteiger partial charge on any atom is 0.258 e. The van der Waals surface area contributed by atoms with Crippen molar-refractivity contribution in [1.29, 1.82) is 0 Å². The van der Waals surface area contributed by atoms with Gasteiger partial charge in [-0.25, -0.2) is 0 Å². The minimum atomic E-state index is -0.220. The minimum Gasteiger partial charge on any atom is -0.481 e. The highest BCUT2D eigenvalue weighted by Crippen LogP contribution is 2.25. The Hall–Kier alpha value is -3.71. The van der Waals surface area contributed by atoms with E-state index in [2.05, 4.69) is 15.5 Å². The molecule has 1 aromatic heterocycles. The standard InChI is InChI=1S/C23H22N4O3/c28-13-12-17-10-11-22(30-16-23(29)24-15-18-6-2-1-3-7-18)21(14-17)27-25-19-8-4-5-9-20(19)26-27/h1-11,14,28H,12-13,15-16H2,(H,24,29). The molecule has 3 aromatic carbocycles. The van der Waals surface area contributed by atoms with E-state index in [0.29, 0.717) is 24.4 Å². The van der Waals surface area contributed by atoms with Crippen LogP contribution in [0.5, 0.6) is 5.75 Å². The van der Waals surface area contributed by atoms with Crippen LogP contribution in [0, 0.1) is 0 Å². The van der Waals surface area contributed by atoms with Crippen molar-refractivity contribution >= 4 is 16.9 Å². The van der Waals surface area contributed by atoms with Gasteiger partial charge in [-0.15, -0.1) is 15.0 Å². The summed E-state index contributed by atoms with van der Waals surface area (Å²) in [6, 6.07) is 22.8. The van der Waals surface area contributed by atoms with Crippen LogP contribution in [0.25, 0.3) is 16.7 Å². The molecule has 0 saturated carbocycles. The highest BCUT2D eigenvalue weighted by Gasteiger charge is 2.13. The van der Waals surface area contributed by atoms with Gasteiger partial charge in [-0.1, -0.05) is 48.5 Å². The summed E-state index contributed by atoms with van der Waals surface area (Å²) in [6.45, 7) is 0.355. The Morgan fingerprint density at radius 2 is 1.63 bits per heavy atom. The Kier molecular flexibility index (Phi) is 6.01. The number of carbonyl (C=O) groups is 1. The maximum atomic E-state index is 12.2. The van der Waals surface area contributed by atoms with Gasteiger partial charge in [0.15, 0.2) is 6.61 Å². The zero-order valence-corrected chi connectivity index (χ0v) is 16.4. The van der Waals surface area contributed by atoms with E-state index in [1.165, 1.54) is 4.80 Å². The van der Waals surface area contributed by atoms with Crippen molar-refractivity contribution < 1.29 is 14.6 Å². The topological polar surface area (TPSA) is 89.3 Å². The van der Waals surface area contributed by atoms with E-state index in [0.717, 1.165) is 22.2 Å². The number of benzene rings is 3. The van der Waals surface area contributed by atoms with Crippen LogP contribution >= 0.6 is 0 Å². The van der Waals surface area contributed by atoms with Gasteiger partial charge in [0.05, 0.1) is 0 Å². The van der Waals surface area contributed by atoms with E-state index in [1.54, 1.807) is 6.07 Å². The first-order valence-electron chi connectivity index (χ1n) is 9.72. The molecule has 0 aliphatic carbocycles. The molecule has 30 heavy (non-hydrogen) atoms. The fourth-order valence-corrected chi connectivity index (χ4v) is 3.08. The van der Waals surface area contributed by atoms with Crippen molar-refractivity contribution in [2.45, 2.75) is 13.0 Å². The van der Waals surface area contributed by atoms with Gasteiger partial charge in [0.25, 0.3) is 5.91 Å². The van der Waals surface area contributed by atoms with Gasteiger partial charge in [0.1, 0.15) is 22.5 Å². The Bertz CT molecular complexity index is 1110. The van der Waals surface area contributed by atoms with E-state index in [4.69, 9.17) is 4.74 Å². The van der Waals surface area contributed by atoms with Crippen molar-refractivity contribution in [2.75, 3.05) is 13.2 Å². The molecule has 4 rings (SSSR count). The van der Waals surface area contributed by atoms with Crippen LogP contribution in [0.1, 0.15) is 11.1 Å². The van der Waals surface area contributed by atoms with Gasteiger partial charge < -0.3 is 15.2 Å². The first-order valence-corrected chi connectivity index (χ1v) is 9.72. The molecule has 7 heteroatoms. The van der Waals surface area contributed by atoms with Crippen molar-refractivity contribution in [3.63, 3.8) is 0 Å². The number of rotatable bonds is 8. The lowest BCUT2D eigenvalue weighted by atomic mass is 10.1. The third-order valence-electron chi connectivity index (χ3n) is 4.62. The molecule has 0 spiro atoms. The molecule has 0 atom stereocenters. The van der Waals surface area contributed by atoms with Crippen molar-refractivity contribution in [1.82, 2.24) is 20.3 Å². The van der Waals surface area contributed by atoms with Gasteiger partial charge >= 0.3 is 0 Å². The number of hydrogen-bond acceptors (Lipinski definition) is 5. The molecule has 0 saturated heterocycles. The SMILES string of the molecule is O=C(COc1ccc(CCO)cc1-n1nc2ccccc2n1)NCc1ccccc1. The molecule has 7 nitrogen and oxygen atoms in total. The average molecular weight is 402 g/mol. The van der Waals surface area contributed by atoms with E-state index in [9.17, 15) is 9.90 Å². The second kappa shape index (κ2) is 9.19. The molecule has 2 N–H and O–H groups in total. The zero-order chi connectivity index (χ0) is 20.8. The van der Waals surface area contributed by atoms with Crippen LogP contribution in [0.4, 0.5) is 0 Å². The van der Waals surface area contributed by atoms with Crippen molar-refractivity contribution in [2.24, 2.45) is 0 Å². The van der Waals surface area contributed by atoms with E-state index in [1.807, 2.05) is 66.7 Å². The number of ether oxygens (including phenoxy) is 1. The number of nitrogens with one attached hydrogen (secondary N) is 1. The lowest BCUT2D eigenvalue weighted by Crippen LogP contribution is -2.28. The van der Waals surface area contributed by atoms with Gasteiger partial charge in [-0.05, 0) is 41.8 Å². The molecule has 0 aliphatic heterocycles. The largest absolute Gasteiger partial charge is 0.481 e. The predicted molar refractivity (Wildman–Crippen MR) is 113 cm³/mol. The minimum absolute atomic E-state index is 0.0377. The van der Waals surface area contributed by atoms with E-state index >= 15 is 0 Å². The number of nitrogens with zero attached hydrogens (tertiary/aromatic N) is 3. The average Bonchev–Trinajstić information content (AvgIpc) is 3.22. The maximum absolute atomic E-state index is 12.2. The molecular formula is C23H22N4O3. The molecule has 0 aliphatic rings. The fourth-order valence-electron chi connectivity index (χ4n) is 3.08. The van der Waals surface area contributed by atoms with Crippen LogP contribution in [0.2, 0.25) is 0 Å². The molecule has 1 amide bonds. The van der Waals surface area contributed by atoms with Crippen LogP contribution in [-0.4, -0.2) is 39.2 Å². The first kappa shape index (κ1) is 19.6. The zero-order valence-electron chi connectivity index (χ0n) is 16.4. The number of carbonyl (C=O) groups excluding carboxylic acids is 1. The van der Waals surface area contributed by atoms with Crippen LogP contribution in [0.3, 0.4) is 0 Å². The number of fused-ring (bicyclic) bond motifs is 1. The molecule has 0 fully saturated rings. The second-order valence-electron chi connectivity index (χ2n) is 6.80. The normalized spacial score (nSPS) is 10.8. The monoisotopic (exact) mass is 402 g/mol. The fraction of sp³-hybridized carbons (Fsp3) is 0.174. The number of aliphatic hydroxyl groups excluding tert-OH is 1.